The number of carbonyl (C=O) groups excluding carboxylic acids is 4. The number of hydrogen-bond donors (Lipinski definition) is 5. The zero-order chi connectivity index (χ0) is 27.7. The Hall–Kier alpha value is -3.96. The van der Waals surface area contributed by atoms with Crippen molar-refractivity contribution >= 4 is 29.4 Å². The summed E-state index contributed by atoms with van der Waals surface area (Å²) < 4.78 is 1.68. The van der Waals surface area contributed by atoms with Crippen LogP contribution in [-0.4, -0.2) is 74.6 Å². The number of hydrogen-bond acceptors (Lipinski definition) is 9. The van der Waals surface area contributed by atoms with E-state index in [1.165, 1.54) is 0 Å². The number of aliphatic hydroxyl groups is 3. The van der Waals surface area contributed by atoms with Crippen LogP contribution in [0.4, 0.5) is 5.69 Å². The van der Waals surface area contributed by atoms with Gasteiger partial charge in [-0.05, 0) is 42.9 Å². The normalized spacial score (nSPS) is 28.4. The Kier molecular flexibility index (Phi) is 5.96. The topological polar surface area (TPSA) is 183 Å². The average Bonchev–Trinajstić information content (AvgIpc) is 3.30. The SMILES string of the molecule is CN(C)c1cc(Cn2ccc(C=O)c2)c(O)c2c1C[C@H]1C[C@H]3CC(O)C(C(N)=O)C(=O)[C@@]3(O)C(O)=C1C2=O. The van der Waals surface area contributed by atoms with Crippen molar-refractivity contribution in [2.75, 3.05) is 19.0 Å². The summed E-state index contributed by atoms with van der Waals surface area (Å²) in [5, 5.41) is 44.3. The highest BCUT2D eigenvalue weighted by molar-refractivity contribution is 6.16. The number of allylic oxidation sites excluding steroid dienone is 1. The third-order valence-corrected chi connectivity index (χ3v) is 8.19. The van der Waals surface area contributed by atoms with Crippen molar-refractivity contribution in [3.8, 4) is 5.75 Å². The number of anilines is 1. The van der Waals surface area contributed by atoms with Gasteiger partial charge in [-0.1, -0.05) is 0 Å². The molecule has 0 aliphatic heterocycles. The van der Waals surface area contributed by atoms with Crippen molar-refractivity contribution in [1.29, 1.82) is 0 Å². The molecule has 0 bridgehead atoms. The number of primary amides is 1. The van der Waals surface area contributed by atoms with Gasteiger partial charge in [-0.2, -0.15) is 0 Å². The molecule has 1 aromatic heterocycles. The number of aliphatic hydroxyl groups excluding tert-OH is 2. The number of carbonyl (C=O) groups is 4. The van der Waals surface area contributed by atoms with Crippen molar-refractivity contribution < 1.29 is 39.6 Å². The van der Waals surface area contributed by atoms with Gasteiger partial charge in [-0.25, -0.2) is 0 Å². The van der Waals surface area contributed by atoms with Crippen LogP contribution in [0.2, 0.25) is 0 Å². The number of Topliss-reactive ketones (excluding diaryl/α,β-unsaturated/α-hetero) is 2. The number of fused-ring (bicyclic) bond motifs is 3. The third-order valence-electron chi connectivity index (χ3n) is 8.19. The molecular formula is C27H29N3O8. The maximum absolute atomic E-state index is 13.9. The molecule has 5 atom stereocenters. The van der Waals surface area contributed by atoms with Crippen LogP contribution < -0.4 is 10.6 Å². The predicted octanol–water partition coefficient (Wildman–Crippen LogP) is 0.474. The molecule has 0 saturated heterocycles. The largest absolute Gasteiger partial charge is 0.508 e. The minimum atomic E-state index is -2.55. The minimum absolute atomic E-state index is 0.0384. The first kappa shape index (κ1) is 25.7. The van der Waals surface area contributed by atoms with Gasteiger partial charge >= 0.3 is 0 Å². The molecular weight excluding hydrogens is 494 g/mol. The molecule has 1 heterocycles. The Morgan fingerprint density at radius 2 is 1.97 bits per heavy atom. The lowest BCUT2D eigenvalue weighted by molar-refractivity contribution is -0.167. The van der Waals surface area contributed by atoms with E-state index in [1.807, 2.05) is 0 Å². The molecule has 0 radical (unpaired) electrons. The average molecular weight is 524 g/mol. The summed E-state index contributed by atoms with van der Waals surface area (Å²) in [7, 11) is 3.59. The summed E-state index contributed by atoms with van der Waals surface area (Å²) >= 11 is 0. The Morgan fingerprint density at radius 3 is 2.58 bits per heavy atom. The number of aromatic hydroxyl groups is 1. The van der Waals surface area contributed by atoms with Crippen molar-refractivity contribution in [3.63, 3.8) is 0 Å². The van der Waals surface area contributed by atoms with Gasteiger partial charge < -0.3 is 35.6 Å². The number of ketones is 2. The summed E-state index contributed by atoms with van der Waals surface area (Å²) in [4.78, 5) is 51.8. The fraction of sp³-hybridized carbons (Fsp3) is 0.407. The molecule has 3 aliphatic rings. The van der Waals surface area contributed by atoms with Crippen LogP contribution in [0, 0.1) is 17.8 Å². The fourth-order valence-electron chi connectivity index (χ4n) is 6.37. The van der Waals surface area contributed by atoms with Gasteiger partial charge in [-0.15, -0.1) is 0 Å². The van der Waals surface area contributed by atoms with Crippen molar-refractivity contribution in [2.24, 2.45) is 23.5 Å². The minimum Gasteiger partial charge on any atom is -0.508 e. The van der Waals surface area contributed by atoms with E-state index in [0.29, 0.717) is 28.7 Å². The van der Waals surface area contributed by atoms with Crippen LogP contribution in [0.3, 0.4) is 0 Å². The summed E-state index contributed by atoms with van der Waals surface area (Å²) in [5.41, 5.74) is 4.60. The highest BCUT2D eigenvalue weighted by atomic mass is 16.3. The number of phenols is 1. The van der Waals surface area contributed by atoms with Crippen LogP contribution in [-0.2, 0) is 22.6 Å². The number of rotatable bonds is 5. The summed E-state index contributed by atoms with van der Waals surface area (Å²) in [6, 6.07) is 3.38. The molecule has 1 aromatic carbocycles. The number of nitrogens with zero attached hydrogens (tertiary/aromatic N) is 2. The Labute approximate surface area is 217 Å². The van der Waals surface area contributed by atoms with Gasteiger partial charge in [0.05, 0.1) is 18.2 Å². The number of nitrogens with two attached hydrogens (primary N) is 1. The van der Waals surface area contributed by atoms with Crippen molar-refractivity contribution in [2.45, 2.75) is 37.5 Å². The first-order valence-corrected chi connectivity index (χ1v) is 12.3. The molecule has 1 saturated carbocycles. The lowest BCUT2D eigenvalue weighted by atomic mass is 9.57. The molecule has 6 N–H and O–H groups in total. The van der Waals surface area contributed by atoms with E-state index in [9.17, 15) is 39.6 Å². The van der Waals surface area contributed by atoms with Crippen LogP contribution >= 0.6 is 0 Å². The lowest BCUT2D eigenvalue weighted by Crippen LogP contribution is -2.63. The van der Waals surface area contributed by atoms with E-state index in [4.69, 9.17) is 5.73 Å². The van der Waals surface area contributed by atoms with Crippen LogP contribution in [0.15, 0.2) is 35.9 Å². The smallest absolute Gasteiger partial charge is 0.230 e. The van der Waals surface area contributed by atoms with Crippen LogP contribution in [0.1, 0.15) is 44.7 Å². The Balaban J connectivity index is 1.65. The van der Waals surface area contributed by atoms with E-state index in [2.05, 4.69) is 0 Å². The highest BCUT2D eigenvalue weighted by Crippen LogP contribution is 2.53. The van der Waals surface area contributed by atoms with E-state index in [-0.39, 0.29) is 42.7 Å². The number of amides is 1. The summed E-state index contributed by atoms with van der Waals surface area (Å²) in [6.45, 7) is 0.151. The molecule has 1 fully saturated rings. The maximum atomic E-state index is 13.9. The third kappa shape index (κ3) is 3.57. The second-order valence-corrected chi connectivity index (χ2v) is 10.6. The highest BCUT2D eigenvalue weighted by Gasteiger charge is 2.62. The standard InChI is InChI=1S/C27H29N3O8/c1-29(2)17-7-14(10-30-4-3-12(9-30)11-31)22(33)20-16(17)6-13-5-15-8-18(32)21(26(28)37)25(36)27(15,38)24(35)19(13)23(20)34/h3-4,7,9,11,13,15,18,21,32-33,35,38H,5-6,8,10H2,1-2H3,(H2,28,37)/t13-,15+,18?,21?,27+/m1/s1. The number of aldehydes is 1. The summed E-state index contributed by atoms with van der Waals surface area (Å²) in [5.74, 6) is -7.39. The molecule has 11 heteroatoms. The second kappa shape index (κ2) is 8.81. The molecule has 3 aliphatic carbocycles. The quantitative estimate of drug-likeness (QED) is 0.275. The van der Waals surface area contributed by atoms with Crippen molar-refractivity contribution in [3.05, 3.63) is 58.1 Å². The summed E-state index contributed by atoms with van der Waals surface area (Å²) in [6.07, 6.45) is 2.72. The zero-order valence-electron chi connectivity index (χ0n) is 20.9. The van der Waals surface area contributed by atoms with Gasteiger partial charge in [0.15, 0.2) is 23.5 Å². The fourth-order valence-corrected chi connectivity index (χ4v) is 6.37. The molecule has 2 unspecified atom stereocenters. The molecule has 38 heavy (non-hydrogen) atoms. The molecule has 11 nitrogen and oxygen atoms in total. The van der Waals surface area contributed by atoms with Gasteiger partial charge in [0.1, 0.15) is 17.4 Å². The van der Waals surface area contributed by atoms with Crippen LogP contribution in [0.5, 0.6) is 5.75 Å². The first-order chi connectivity index (χ1) is 17.9. The van der Waals surface area contributed by atoms with Crippen LogP contribution in [0.25, 0.3) is 0 Å². The molecule has 1 amide bonds. The van der Waals surface area contributed by atoms with E-state index >= 15 is 0 Å². The Morgan fingerprint density at radius 1 is 1.26 bits per heavy atom. The van der Waals surface area contributed by atoms with E-state index < -0.39 is 52.7 Å². The molecule has 0 spiro atoms. The van der Waals surface area contributed by atoms with Gasteiger partial charge in [0.2, 0.25) is 5.91 Å². The van der Waals surface area contributed by atoms with E-state index in [1.54, 1.807) is 48.1 Å². The van der Waals surface area contributed by atoms with Gasteiger partial charge in [0, 0.05) is 54.8 Å². The maximum Gasteiger partial charge on any atom is 0.230 e. The van der Waals surface area contributed by atoms with Gasteiger partial charge in [0.25, 0.3) is 0 Å². The Bertz CT molecular complexity index is 1420. The molecule has 2 aromatic rings. The molecule has 200 valence electrons. The molecule has 5 rings (SSSR count). The number of benzene rings is 1. The first-order valence-electron chi connectivity index (χ1n) is 12.3. The van der Waals surface area contributed by atoms with E-state index in [0.717, 1.165) is 0 Å². The van der Waals surface area contributed by atoms with Gasteiger partial charge in [-0.3, -0.25) is 19.2 Å². The van der Waals surface area contributed by atoms with Crippen molar-refractivity contribution in [1.82, 2.24) is 4.57 Å². The zero-order valence-corrected chi connectivity index (χ0v) is 20.9. The monoisotopic (exact) mass is 523 g/mol. The second-order valence-electron chi connectivity index (χ2n) is 10.6. The predicted molar refractivity (Wildman–Crippen MR) is 134 cm³/mol. The lowest BCUT2D eigenvalue weighted by Gasteiger charge is -2.48. The number of aromatic nitrogens is 1. The number of phenolic OH excluding ortho intramolecular Hbond substituents is 1.